The predicted octanol–water partition coefficient (Wildman–Crippen LogP) is 1.89. The SMILES string of the molecule is CCCNC(COC(C)CC(C)C)C(=O)O. The molecule has 0 aliphatic rings. The number of hydrogen-bond acceptors (Lipinski definition) is 3. The Hall–Kier alpha value is -0.610. The van der Waals surface area contributed by atoms with Crippen LogP contribution in [0, 0.1) is 5.92 Å². The van der Waals surface area contributed by atoms with Crippen molar-refractivity contribution in [1.82, 2.24) is 5.32 Å². The van der Waals surface area contributed by atoms with Crippen molar-refractivity contribution in [2.45, 2.75) is 52.7 Å². The van der Waals surface area contributed by atoms with Gasteiger partial charge in [-0.05, 0) is 32.2 Å². The molecule has 0 aromatic rings. The van der Waals surface area contributed by atoms with Crippen LogP contribution in [0.2, 0.25) is 0 Å². The Morgan fingerprint density at radius 3 is 2.44 bits per heavy atom. The van der Waals surface area contributed by atoms with Crippen molar-refractivity contribution in [1.29, 1.82) is 0 Å². The monoisotopic (exact) mass is 231 g/mol. The topological polar surface area (TPSA) is 58.6 Å². The molecule has 0 aliphatic carbocycles. The zero-order valence-electron chi connectivity index (χ0n) is 10.8. The van der Waals surface area contributed by atoms with Crippen LogP contribution in [0.1, 0.15) is 40.5 Å². The molecule has 0 heterocycles. The van der Waals surface area contributed by atoms with Gasteiger partial charge in [0.1, 0.15) is 6.04 Å². The number of carboxylic acid groups (broad SMARTS) is 1. The van der Waals surface area contributed by atoms with Crippen LogP contribution >= 0.6 is 0 Å². The van der Waals surface area contributed by atoms with Crippen molar-refractivity contribution in [3.63, 3.8) is 0 Å². The van der Waals surface area contributed by atoms with Crippen LogP contribution in [-0.2, 0) is 9.53 Å². The Balaban J connectivity index is 3.87. The summed E-state index contributed by atoms with van der Waals surface area (Å²) in [5.41, 5.74) is 0. The third-order valence-electron chi connectivity index (χ3n) is 2.29. The lowest BCUT2D eigenvalue weighted by Crippen LogP contribution is -2.41. The minimum absolute atomic E-state index is 0.116. The van der Waals surface area contributed by atoms with Gasteiger partial charge in [-0.2, -0.15) is 0 Å². The highest BCUT2D eigenvalue weighted by atomic mass is 16.5. The summed E-state index contributed by atoms with van der Waals surface area (Å²) in [5, 5.41) is 11.9. The lowest BCUT2D eigenvalue weighted by atomic mass is 10.1. The van der Waals surface area contributed by atoms with Gasteiger partial charge in [0, 0.05) is 0 Å². The molecular formula is C12H25NO3. The molecule has 0 aromatic carbocycles. The summed E-state index contributed by atoms with van der Waals surface area (Å²) in [4.78, 5) is 10.9. The molecule has 0 aliphatic heterocycles. The molecule has 16 heavy (non-hydrogen) atoms. The molecule has 2 N–H and O–H groups in total. The second-order valence-electron chi connectivity index (χ2n) is 4.62. The Labute approximate surface area is 98.4 Å². The average molecular weight is 231 g/mol. The second kappa shape index (κ2) is 8.53. The van der Waals surface area contributed by atoms with E-state index in [9.17, 15) is 4.79 Å². The molecule has 0 aromatic heterocycles. The maximum Gasteiger partial charge on any atom is 0.323 e. The first-order chi connectivity index (χ1) is 7.47. The summed E-state index contributed by atoms with van der Waals surface area (Å²) in [6.45, 7) is 9.20. The van der Waals surface area contributed by atoms with Crippen LogP contribution in [0.25, 0.3) is 0 Å². The number of hydrogen-bond donors (Lipinski definition) is 2. The van der Waals surface area contributed by atoms with E-state index in [0.717, 1.165) is 12.8 Å². The quantitative estimate of drug-likeness (QED) is 0.636. The summed E-state index contributed by atoms with van der Waals surface area (Å²) in [6.07, 6.45) is 2.00. The van der Waals surface area contributed by atoms with E-state index in [2.05, 4.69) is 19.2 Å². The van der Waals surface area contributed by atoms with Gasteiger partial charge in [-0.25, -0.2) is 0 Å². The highest BCUT2D eigenvalue weighted by molar-refractivity contribution is 5.73. The van der Waals surface area contributed by atoms with Crippen LogP contribution in [0.5, 0.6) is 0 Å². The highest BCUT2D eigenvalue weighted by Crippen LogP contribution is 2.07. The van der Waals surface area contributed by atoms with Gasteiger partial charge in [0.05, 0.1) is 12.7 Å². The van der Waals surface area contributed by atoms with E-state index in [1.165, 1.54) is 0 Å². The number of carboxylic acids is 1. The fourth-order valence-electron chi connectivity index (χ4n) is 1.53. The van der Waals surface area contributed by atoms with Gasteiger partial charge in [-0.15, -0.1) is 0 Å². The van der Waals surface area contributed by atoms with Crippen molar-refractivity contribution >= 4 is 5.97 Å². The van der Waals surface area contributed by atoms with Crippen molar-refractivity contribution in [2.24, 2.45) is 5.92 Å². The molecule has 0 saturated carbocycles. The molecule has 96 valence electrons. The molecule has 4 heteroatoms. The normalized spacial score (nSPS) is 15.1. The summed E-state index contributed by atoms with van der Waals surface area (Å²) in [6, 6.07) is -0.588. The molecule has 0 spiro atoms. The number of aliphatic carboxylic acids is 1. The first-order valence-electron chi connectivity index (χ1n) is 6.05. The highest BCUT2D eigenvalue weighted by Gasteiger charge is 2.17. The van der Waals surface area contributed by atoms with Crippen molar-refractivity contribution in [2.75, 3.05) is 13.2 Å². The van der Waals surface area contributed by atoms with E-state index >= 15 is 0 Å². The molecule has 0 radical (unpaired) electrons. The molecule has 2 unspecified atom stereocenters. The largest absolute Gasteiger partial charge is 0.480 e. The van der Waals surface area contributed by atoms with Crippen LogP contribution < -0.4 is 5.32 Å². The van der Waals surface area contributed by atoms with Crippen molar-refractivity contribution in [3.8, 4) is 0 Å². The summed E-state index contributed by atoms with van der Waals surface area (Å²) in [5.74, 6) is -0.271. The van der Waals surface area contributed by atoms with Gasteiger partial charge >= 0.3 is 5.97 Å². The fourth-order valence-corrected chi connectivity index (χ4v) is 1.53. The van der Waals surface area contributed by atoms with Crippen LogP contribution in [0.15, 0.2) is 0 Å². The number of rotatable bonds is 9. The third-order valence-corrected chi connectivity index (χ3v) is 2.29. The first kappa shape index (κ1) is 15.4. The minimum atomic E-state index is -0.842. The number of carbonyl (C=O) groups is 1. The predicted molar refractivity (Wildman–Crippen MR) is 64.6 cm³/mol. The Bertz CT molecular complexity index is 195. The Kier molecular flexibility index (Phi) is 8.21. The molecule has 4 nitrogen and oxygen atoms in total. The Morgan fingerprint density at radius 2 is 2.00 bits per heavy atom. The zero-order valence-corrected chi connectivity index (χ0v) is 10.8. The van der Waals surface area contributed by atoms with Gasteiger partial charge < -0.3 is 15.2 Å². The molecule has 0 rings (SSSR count). The molecule has 0 bridgehead atoms. The first-order valence-corrected chi connectivity index (χ1v) is 6.05. The van der Waals surface area contributed by atoms with E-state index in [1.54, 1.807) is 0 Å². The minimum Gasteiger partial charge on any atom is -0.480 e. The maximum absolute atomic E-state index is 10.9. The maximum atomic E-state index is 10.9. The van der Waals surface area contributed by atoms with Crippen LogP contribution in [0.3, 0.4) is 0 Å². The molecule has 0 fully saturated rings. The Morgan fingerprint density at radius 1 is 1.38 bits per heavy atom. The summed E-state index contributed by atoms with van der Waals surface area (Å²) < 4.78 is 5.53. The van der Waals surface area contributed by atoms with E-state index in [0.29, 0.717) is 12.5 Å². The van der Waals surface area contributed by atoms with Crippen molar-refractivity contribution < 1.29 is 14.6 Å². The zero-order chi connectivity index (χ0) is 12.6. The van der Waals surface area contributed by atoms with Gasteiger partial charge in [-0.3, -0.25) is 4.79 Å². The van der Waals surface area contributed by atoms with Gasteiger partial charge in [0.2, 0.25) is 0 Å². The van der Waals surface area contributed by atoms with Gasteiger partial charge in [0.15, 0.2) is 0 Å². The van der Waals surface area contributed by atoms with Gasteiger partial charge in [-0.1, -0.05) is 20.8 Å². The molecule has 0 saturated heterocycles. The average Bonchev–Trinajstić information content (AvgIpc) is 2.16. The molecule has 0 amide bonds. The lowest BCUT2D eigenvalue weighted by molar-refractivity contribution is -0.141. The number of ether oxygens (including phenoxy) is 1. The summed E-state index contributed by atoms with van der Waals surface area (Å²) in [7, 11) is 0. The van der Waals surface area contributed by atoms with Gasteiger partial charge in [0.25, 0.3) is 0 Å². The lowest BCUT2D eigenvalue weighted by Gasteiger charge is -2.19. The fraction of sp³-hybridized carbons (Fsp3) is 0.917. The number of nitrogens with one attached hydrogen (secondary N) is 1. The van der Waals surface area contributed by atoms with E-state index in [-0.39, 0.29) is 12.7 Å². The molecule has 2 atom stereocenters. The van der Waals surface area contributed by atoms with Crippen molar-refractivity contribution in [3.05, 3.63) is 0 Å². The van der Waals surface area contributed by atoms with E-state index < -0.39 is 12.0 Å². The van der Waals surface area contributed by atoms with E-state index in [1.807, 2.05) is 13.8 Å². The van der Waals surface area contributed by atoms with Crippen LogP contribution in [-0.4, -0.2) is 36.4 Å². The summed E-state index contributed by atoms with van der Waals surface area (Å²) >= 11 is 0. The second-order valence-corrected chi connectivity index (χ2v) is 4.62. The molecular weight excluding hydrogens is 206 g/mol. The third kappa shape index (κ3) is 7.65. The standard InChI is InChI=1S/C12H25NO3/c1-5-6-13-11(12(14)15)8-16-10(4)7-9(2)3/h9-11,13H,5-8H2,1-4H3,(H,14,15). The van der Waals surface area contributed by atoms with Crippen LogP contribution in [0.4, 0.5) is 0 Å². The van der Waals surface area contributed by atoms with E-state index in [4.69, 9.17) is 9.84 Å². The smallest absolute Gasteiger partial charge is 0.323 e.